The molecule has 2 rings (SSSR count). The minimum Gasteiger partial charge on any atom is -0.493 e. The van der Waals surface area contributed by atoms with Gasteiger partial charge in [-0.15, -0.1) is 0 Å². The molecule has 0 aromatic heterocycles. The van der Waals surface area contributed by atoms with E-state index in [9.17, 15) is 9.90 Å². The molecule has 1 atom stereocenters. The average Bonchev–Trinajstić information content (AvgIpc) is 2.67. The summed E-state index contributed by atoms with van der Waals surface area (Å²) >= 11 is 0. The zero-order valence-corrected chi connectivity index (χ0v) is 15.8. The van der Waals surface area contributed by atoms with Gasteiger partial charge in [0, 0.05) is 12.6 Å². The highest BCUT2D eigenvalue weighted by Crippen LogP contribution is 2.48. The molecule has 0 bridgehead atoms. The molecule has 0 saturated heterocycles. The predicted molar refractivity (Wildman–Crippen MR) is 101 cm³/mol. The lowest BCUT2D eigenvalue weighted by Gasteiger charge is -2.33. The number of anilines is 1. The molecular weight excluding hydrogens is 334 g/mol. The maximum absolute atomic E-state index is 12.0. The third-order valence-corrected chi connectivity index (χ3v) is 4.41. The number of hydrogen-bond acceptors (Lipinski definition) is 5. The lowest BCUT2D eigenvalue weighted by Crippen LogP contribution is -2.29. The van der Waals surface area contributed by atoms with Crippen molar-refractivity contribution in [2.45, 2.75) is 19.9 Å². The Balaban J connectivity index is 2.73. The van der Waals surface area contributed by atoms with E-state index in [1.54, 1.807) is 0 Å². The van der Waals surface area contributed by atoms with Crippen LogP contribution in [-0.4, -0.2) is 38.9 Å². The van der Waals surface area contributed by atoms with E-state index in [1.165, 1.54) is 27.4 Å². The van der Waals surface area contributed by atoms with Gasteiger partial charge < -0.3 is 24.2 Å². The van der Waals surface area contributed by atoms with E-state index in [0.29, 0.717) is 29.5 Å². The Bertz CT molecular complexity index is 761. The van der Waals surface area contributed by atoms with E-state index in [-0.39, 0.29) is 11.6 Å². The largest absolute Gasteiger partial charge is 0.493 e. The first-order valence-electron chi connectivity index (χ1n) is 8.37. The second kappa shape index (κ2) is 8.47. The van der Waals surface area contributed by atoms with Crippen molar-refractivity contribution >= 4 is 11.7 Å². The zero-order valence-electron chi connectivity index (χ0n) is 15.8. The second-order valence-corrected chi connectivity index (χ2v) is 5.72. The van der Waals surface area contributed by atoms with Gasteiger partial charge in [0.05, 0.1) is 38.6 Å². The maximum Gasteiger partial charge on any atom is 0.338 e. The Kier molecular flexibility index (Phi) is 6.33. The molecule has 0 heterocycles. The molecule has 26 heavy (non-hydrogen) atoms. The fraction of sp³-hybridized carbons (Fsp3) is 0.350. The molecule has 0 aliphatic rings. The van der Waals surface area contributed by atoms with Crippen molar-refractivity contribution in [2.75, 3.05) is 32.8 Å². The van der Waals surface area contributed by atoms with Crippen molar-refractivity contribution in [2.24, 2.45) is 0 Å². The highest BCUT2D eigenvalue weighted by Gasteiger charge is 2.29. The van der Waals surface area contributed by atoms with Crippen LogP contribution in [0, 0.1) is 0 Å². The summed E-state index contributed by atoms with van der Waals surface area (Å²) in [4.78, 5) is 13.9. The quantitative estimate of drug-likeness (QED) is 0.768. The molecule has 2 aromatic rings. The Morgan fingerprint density at radius 3 is 2.15 bits per heavy atom. The molecule has 1 N–H and O–H groups in total. The lowest BCUT2D eigenvalue weighted by atomic mass is 10.0. The van der Waals surface area contributed by atoms with Gasteiger partial charge in [-0.25, -0.2) is 4.79 Å². The molecule has 0 spiro atoms. The van der Waals surface area contributed by atoms with Gasteiger partial charge >= 0.3 is 5.97 Å². The molecule has 6 heteroatoms. The van der Waals surface area contributed by atoms with Crippen LogP contribution in [0.3, 0.4) is 0 Å². The highest BCUT2D eigenvalue weighted by molar-refractivity contribution is 5.98. The van der Waals surface area contributed by atoms with Gasteiger partial charge in [0.25, 0.3) is 0 Å². The summed E-state index contributed by atoms with van der Waals surface area (Å²) in [7, 11) is 4.46. The Hall–Kier alpha value is -2.89. The SMILES string of the molecule is CCN(c1c(C(=O)O)cc(OC)c(OC)c1OC)C(C)c1ccccc1. The summed E-state index contributed by atoms with van der Waals surface area (Å²) in [6.45, 7) is 4.59. The number of methoxy groups -OCH3 is 3. The third kappa shape index (κ3) is 3.54. The number of benzene rings is 2. The molecule has 0 saturated carbocycles. The number of carboxylic acids is 1. The van der Waals surface area contributed by atoms with Crippen molar-refractivity contribution in [3.63, 3.8) is 0 Å². The summed E-state index contributed by atoms with van der Waals surface area (Å²) in [5, 5.41) is 9.79. The first-order chi connectivity index (χ1) is 12.5. The van der Waals surface area contributed by atoms with Crippen LogP contribution in [-0.2, 0) is 0 Å². The molecule has 1 unspecified atom stereocenters. The first-order valence-corrected chi connectivity index (χ1v) is 8.37. The van der Waals surface area contributed by atoms with E-state index in [0.717, 1.165) is 5.56 Å². The molecule has 0 aliphatic carbocycles. The number of rotatable bonds is 8. The maximum atomic E-state index is 12.0. The molecule has 0 amide bonds. The van der Waals surface area contributed by atoms with Gasteiger partial charge in [-0.3, -0.25) is 0 Å². The first kappa shape index (κ1) is 19.4. The van der Waals surface area contributed by atoms with Gasteiger partial charge in [-0.1, -0.05) is 30.3 Å². The van der Waals surface area contributed by atoms with Gasteiger partial charge in [-0.05, 0) is 19.4 Å². The number of nitrogens with zero attached hydrogens (tertiary/aromatic N) is 1. The topological polar surface area (TPSA) is 68.2 Å². The monoisotopic (exact) mass is 359 g/mol. The van der Waals surface area contributed by atoms with Gasteiger partial charge in [0.15, 0.2) is 11.5 Å². The fourth-order valence-corrected chi connectivity index (χ4v) is 3.13. The van der Waals surface area contributed by atoms with Crippen LogP contribution in [0.4, 0.5) is 5.69 Å². The minimum atomic E-state index is -1.06. The van der Waals surface area contributed by atoms with Crippen molar-refractivity contribution in [1.29, 1.82) is 0 Å². The molecule has 2 aromatic carbocycles. The average molecular weight is 359 g/mol. The summed E-state index contributed by atoms with van der Waals surface area (Å²) in [5.41, 5.74) is 1.64. The van der Waals surface area contributed by atoms with Crippen LogP contribution in [0.5, 0.6) is 17.2 Å². The summed E-state index contributed by atoms with van der Waals surface area (Å²) in [6.07, 6.45) is 0. The van der Waals surface area contributed by atoms with Crippen LogP contribution in [0.25, 0.3) is 0 Å². The molecule has 6 nitrogen and oxygen atoms in total. The number of carboxylic acid groups (broad SMARTS) is 1. The molecule has 0 fully saturated rings. The van der Waals surface area contributed by atoms with E-state index in [4.69, 9.17) is 14.2 Å². The second-order valence-electron chi connectivity index (χ2n) is 5.72. The van der Waals surface area contributed by atoms with Crippen LogP contribution in [0.2, 0.25) is 0 Å². The molecule has 0 aliphatic heterocycles. The summed E-state index contributed by atoms with van der Waals surface area (Å²) in [5.74, 6) is -0.0329. The van der Waals surface area contributed by atoms with Crippen molar-refractivity contribution in [1.82, 2.24) is 0 Å². The Morgan fingerprint density at radius 1 is 1.08 bits per heavy atom. The fourth-order valence-electron chi connectivity index (χ4n) is 3.13. The minimum absolute atomic E-state index is 0.0636. The normalized spacial score (nSPS) is 11.6. The van der Waals surface area contributed by atoms with Crippen LogP contribution >= 0.6 is 0 Å². The molecule has 140 valence electrons. The van der Waals surface area contributed by atoms with Gasteiger partial charge in [0.1, 0.15) is 0 Å². The standard InChI is InChI=1S/C20H25NO5/c1-6-21(13(2)14-10-8-7-9-11-14)17-15(20(22)23)12-16(24-3)18(25-4)19(17)26-5/h7-13H,6H2,1-5H3,(H,22,23). The van der Waals surface area contributed by atoms with Crippen molar-refractivity contribution in [3.8, 4) is 17.2 Å². The van der Waals surface area contributed by atoms with Crippen molar-refractivity contribution < 1.29 is 24.1 Å². The number of aromatic carboxylic acids is 1. The van der Waals surface area contributed by atoms with Gasteiger partial charge in [0.2, 0.25) is 5.75 Å². The molecular formula is C20H25NO5. The van der Waals surface area contributed by atoms with E-state index in [1.807, 2.05) is 49.1 Å². The highest BCUT2D eigenvalue weighted by atomic mass is 16.5. The number of hydrogen-bond donors (Lipinski definition) is 1. The van der Waals surface area contributed by atoms with Crippen LogP contribution < -0.4 is 19.1 Å². The predicted octanol–water partition coefficient (Wildman–Crippen LogP) is 4.00. The summed E-state index contributed by atoms with van der Waals surface area (Å²) in [6, 6.07) is 11.3. The van der Waals surface area contributed by atoms with E-state index in [2.05, 4.69) is 0 Å². The van der Waals surface area contributed by atoms with Crippen LogP contribution in [0.1, 0.15) is 35.8 Å². The Labute approximate surface area is 153 Å². The van der Waals surface area contributed by atoms with E-state index >= 15 is 0 Å². The van der Waals surface area contributed by atoms with Crippen molar-refractivity contribution in [3.05, 3.63) is 47.5 Å². The number of ether oxygens (including phenoxy) is 3. The smallest absolute Gasteiger partial charge is 0.338 e. The number of carbonyl (C=O) groups is 1. The van der Waals surface area contributed by atoms with Gasteiger partial charge in [-0.2, -0.15) is 0 Å². The summed E-state index contributed by atoms with van der Waals surface area (Å²) < 4.78 is 16.3. The third-order valence-electron chi connectivity index (χ3n) is 4.41. The molecule has 0 radical (unpaired) electrons. The lowest BCUT2D eigenvalue weighted by molar-refractivity contribution is 0.0696. The zero-order chi connectivity index (χ0) is 19.3. The van der Waals surface area contributed by atoms with Crippen LogP contribution in [0.15, 0.2) is 36.4 Å². The van der Waals surface area contributed by atoms with E-state index < -0.39 is 5.97 Å². The Morgan fingerprint density at radius 2 is 1.69 bits per heavy atom.